The Kier molecular flexibility index (Phi) is 5.35. The van der Waals surface area contributed by atoms with Crippen LogP contribution in [0.5, 0.6) is 5.88 Å². The lowest BCUT2D eigenvalue weighted by Gasteiger charge is -2.19. The topological polar surface area (TPSA) is 71.5 Å². The zero-order valence-electron chi connectivity index (χ0n) is 15.3. The Hall–Kier alpha value is -2.45. The van der Waals surface area contributed by atoms with E-state index in [-0.39, 0.29) is 6.10 Å². The fourth-order valence-corrected chi connectivity index (χ4v) is 3.56. The molecule has 142 valence electrons. The quantitative estimate of drug-likeness (QED) is 0.761. The van der Waals surface area contributed by atoms with E-state index in [1.807, 2.05) is 6.07 Å². The second-order valence-electron chi connectivity index (χ2n) is 6.69. The highest BCUT2D eigenvalue weighted by Crippen LogP contribution is 2.29. The number of hydrogen-bond donors (Lipinski definition) is 2. The van der Waals surface area contributed by atoms with Crippen LogP contribution in [0.15, 0.2) is 30.3 Å². The Labute approximate surface area is 164 Å². The Bertz CT molecular complexity index is 800. The maximum atomic E-state index is 5.60. The van der Waals surface area contributed by atoms with Crippen molar-refractivity contribution in [1.82, 2.24) is 15.3 Å². The van der Waals surface area contributed by atoms with Gasteiger partial charge in [-0.25, -0.2) is 0 Å². The summed E-state index contributed by atoms with van der Waals surface area (Å²) in [5, 5.41) is 6.72. The molecule has 0 spiro atoms. The smallest absolute Gasteiger partial charge is 0.234 e. The van der Waals surface area contributed by atoms with Gasteiger partial charge in [-0.15, -0.1) is 0 Å². The number of ether oxygens (including phenoxy) is 2. The molecular formula is C19H23N5O2S. The highest BCUT2D eigenvalue weighted by atomic mass is 32.1. The summed E-state index contributed by atoms with van der Waals surface area (Å²) in [6, 6.07) is 10.3. The van der Waals surface area contributed by atoms with Gasteiger partial charge in [0.15, 0.2) is 5.11 Å². The lowest BCUT2D eigenvalue weighted by molar-refractivity contribution is 0.114. The van der Waals surface area contributed by atoms with Crippen LogP contribution >= 0.6 is 12.2 Å². The van der Waals surface area contributed by atoms with E-state index in [4.69, 9.17) is 21.7 Å². The normalized spacial score (nSPS) is 18.3. The molecule has 27 heavy (non-hydrogen) atoms. The van der Waals surface area contributed by atoms with Crippen LogP contribution in [0.2, 0.25) is 0 Å². The minimum absolute atomic E-state index is 0.217. The van der Waals surface area contributed by atoms with E-state index in [1.54, 1.807) is 7.11 Å². The lowest BCUT2D eigenvalue weighted by Crippen LogP contribution is -2.35. The van der Waals surface area contributed by atoms with Crippen LogP contribution in [0.3, 0.4) is 0 Å². The molecule has 1 aromatic carbocycles. The van der Waals surface area contributed by atoms with E-state index in [1.165, 1.54) is 11.1 Å². The number of aromatic nitrogens is 2. The molecule has 4 rings (SSSR count). The molecule has 7 nitrogen and oxygen atoms in total. The number of nitrogens with zero attached hydrogens (tertiary/aromatic N) is 3. The fourth-order valence-electron chi connectivity index (χ4n) is 3.39. The van der Waals surface area contributed by atoms with Gasteiger partial charge in [-0.2, -0.15) is 9.97 Å². The van der Waals surface area contributed by atoms with E-state index in [9.17, 15) is 0 Å². The SMILES string of the molecule is COc1cc(N2Cc3ccccc3C2)nc(NC(=S)NC[C@H]2CCCO2)n1. The number of thiocarbonyl (C=S) groups is 1. The summed E-state index contributed by atoms with van der Waals surface area (Å²) in [5.41, 5.74) is 2.64. The minimum atomic E-state index is 0.217. The molecule has 0 aliphatic carbocycles. The summed E-state index contributed by atoms with van der Waals surface area (Å²) in [6.45, 7) is 3.15. The third-order valence-corrected chi connectivity index (χ3v) is 5.05. The van der Waals surface area contributed by atoms with Crippen molar-refractivity contribution >= 4 is 29.1 Å². The van der Waals surface area contributed by atoms with Gasteiger partial charge in [0.1, 0.15) is 5.82 Å². The average molecular weight is 385 g/mol. The van der Waals surface area contributed by atoms with Gasteiger partial charge in [-0.3, -0.25) is 0 Å². The van der Waals surface area contributed by atoms with Crippen LogP contribution in [0.1, 0.15) is 24.0 Å². The van der Waals surface area contributed by atoms with Crippen molar-refractivity contribution in [3.63, 3.8) is 0 Å². The van der Waals surface area contributed by atoms with E-state index in [0.717, 1.165) is 38.4 Å². The van der Waals surface area contributed by atoms with Crippen molar-refractivity contribution in [1.29, 1.82) is 0 Å². The van der Waals surface area contributed by atoms with Gasteiger partial charge < -0.3 is 25.0 Å². The third-order valence-electron chi connectivity index (χ3n) is 4.80. The van der Waals surface area contributed by atoms with Gasteiger partial charge in [-0.05, 0) is 36.2 Å². The molecular weight excluding hydrogens is 362 g/mol. The summed E-state index contributed by atoms with van der Waals surface area (Å²) in [4.78, 5) is 11.2. The van der Waals surface area contributed by atoms with E-state index >= 15 is 0 Å². The number of hydrogen-bond acceptors (Lipinski definition) is 6. The molecule has 0 unspecified atom stereocenters. The molecule has 2 N–H and O–H groups in total. The van der Waals surface area contributed by atoms with E-state index in [2.05, 4.69) is 49.8 Å². The van der Waals surface area contributed by atoms with Crippen molar-refractivity contribution in [3.05, 3.63) is 41.5 Å². The van der Waals surface area contributed by atoms with Crippen LogP contribution in [0.25, 0.3) is 0 Å². The summed E-state index contributed by atoms with van der Waals surface area (Å²) >= 11 is 5.37. The second kappa shape index (κ2) is 8.06. The van der Waals surface area contributed by atoms with Gasteiger partial charge in [0.05, 0.1) is 13.2 Å². The fraction of sp³-hybridized carbons (Fsp3) is 0.421. The van der Waals surface area contributed by atoms with Crippen LogP contribution < -0.4 is 20.3 Å². The maximum absolute atomic E-state index is 5.60. The monoisotopic (exact) mass is 385 g/mol. The maximum Gasteiger partial charge on any atom is 0.234 e. The largest absolute Gasteiger partial charge is 0.481 e. The van der Waals surface area contributed by atoms with Crippen molar-refractivity contribution in [2.75, 3.05) is 30.5 Å². The predicted octanol–water partition coefficient (Wildman–Crippen LogP) is 2.47. The highest BCUT2D eigenvalue weighted by molar-refractivity contribution is 7.80. The molecule has 1 aromatic heterocycles. The van der Waals surface area contributed by atoms with Gasteiger partial charge >= 0.3 is 0 Å². The first-order valence-electron chi connectivity index (χ1n) is 9.12. The predicted molar refractivity (Wildman–Crippen MR) is 108 cm³/mol. The standard InChI is InChI=1S/C19H23N5O2S/c1-25-17-9-16(24-11-13-5-2-3-6-14(13)12-24)21-18(22-17)23-19(27)20-10-15-7-4-8-26-15/h2-3,5-6,9,15H,4,7-8,10-12H2,1H3,(H2,20,21,22,23,27)/t15-/m1/s1. The number of anilines is 2. The van der Waals surface area contributed by atoms with Crippen LogP contribution in [-0.4, -0.2) is 41.4 Å². The van der Waals surface area contributed by atoms with Crippen LogP contribution in [-0.2, 0) is 17.8 Å². The molecule has 2 aromatic rings. The molecule has 0 bridgehead atoms. The first-order chi connectivity index (χ1) is 13.2. The lowest BCUT2D eigenvalue weighted by atomic mass is 10.1. The van der Waals surface area contributed by atoms with Crippen molar-refractivity contribution < 1.29 is 9.47 Å². The van der Waals surface area contributed by atoms with Gasteiger partial charge in [0.2, 0.25) is 11.8 Å². The number of rotatable bonds is 5. The third kappa shape index (κ3) is 4.28. The number of nitrogens with one attached hydrogen (secondary N) is 2. The Morgan fingerprint density at radius 2 is 2.07 bits per heavy atom. The Morgan fingerprint density at radius 3 is 2.74 bits per heavy atom. The zero-order valence-corrected chi connectivity index (χ0v) is 16.1. The molecule has 2 aliphatic heterocycles. The first-order valence-corrected chi connectivity index (χ1v) is 9.53. The average Bonchev–Trinajstić information content (AvgIpc) is 3.35. The molecule has 3 heterocycles. The summed E-state index contributed by atoms with van der Waals surface area (Å²) in [5.74, 6) is 1.73. The first kappa shape index (κ1) is 17.9. The van der Waals surface area contributed by atoms with Gasteiger partial charge in [0, 0.05) is 32.3 Å². The van der Waals surface area contributed by atoms with Crippen molar-refractivity contribution in [2.24, 2.45) is 0 Å². The second-order valence-corrected chi connectivity index (χ2v) is 7.10. The van der Waals surface area contributed by atoms with Gasteiger partial charge in [0.25, 0.3) is 0 Å². The highest BCUT2D eigenvalue weighted by Gasteiger charge is 2.21. The number of benzene rings is 1. The molecule has 0 radical (unpaired) electrons. The van der Waals surface area contributed by atoms with E-state index in [0.29, 0.717) is 23.5 Å². The Morgan fingerprint density at radius 1 is 1.30 bits per heavy atom. The van der Waals surface area contributed by atoms with Crippen molar-refractivity contribution in [2.45, 2.75) is 32.0 Å². The molecule has 8 heteroatoms. The van der Waals surface area contributed by atoms with E-state index < -0.39 is 0 Å². The number of fused-ring (bicyclic) bond motifs is 1. The molecule has 0 saturated carbocycles. The van der Waals surface area contributed by atoms with Crippen LogP contribution in [0, 0.1) is 0 Å². The van der Waals surface area contributed by atoms with Crippen LogP contribution in [0.4, 0.5) is 11.8 Å². The Balaban J connectivity index is 1.44. The van der Waals surface area contributed by atoms with Crippen molar-refractivity contribution in [3.8, 4) is 5.88 Å². The molecule has 1 fully saturated rings. The molecule has 2 aliphatic rings. The molecule has 1 saturated heterocycles. The molecule has 1 atom stereocenters. The summed E-state index contributed by atoms with van der Waals surface area (Å²) in [6.07, 6.45) is 2.38. The number of methoxy groups -OCH3 is 1. The summed E-state index contributed by atoms with van der Waals surface area (Å²) < 4.78 is 11.0. The zero-order chi connectivity index (χ0) is 18.6. The summed E-state index contributed by atoms with van der Waals surface area (Å²) in [7, 11) is 1.60. The van der Waals surface area contributed by atoms with Gasteiger partial charge in [-0.1, -0.05) is 24.3 Å². The molecule has 0 amide bonds. The minimum Gasteiger partial charge on any atom is -0.481 e.